The fourth-order valence-electron chi connectivity index (χ4n) is 3.48. The van der Waals surface area contributed by atoms with E-state index in [1.807, 2.05) is 27.7 Å². The average Bonchev–Trinajstić information content (AvgIpc) is 3.05. The van der Waals surface area contributed by atoms with Crippen molar-refractivity contribution >= 4 is 17.6 Å². The van der Waals surface area contributed by atoms with Crippen molar-refractivity contribution in [1.82, 2.24) is 29.8 Å². The topological polar surface area (TPSA) is 92.5 Å². The average molecular weight is 344 g/mol. The zero-order chi connectivity index (χ0) is 18.2. The number of piperazine rings is 1. The first-order chi connectivity index (χ1) is 11.9. The lowest BCUT2D eigenvalue weighted by molar-refractivity contribution is -0.150. The zero-order valence-electron chi connectivity index (χ0n) is 15.2. The minimum Gasteiger partial charge on any atom is -0.352 e. The van der Waals surface area contributed by atoms with E-state index in [2.05, 4.69) is 20.4 Å². The van der Waals surface area contributed by atoms with Gasteiger partial charge in [0, 0.05) is 30.9 Å². The van der Waals surface area contributed by atoms with Crippen LogP contribution in [0.3, 0.4) is 0 Å². The van der Waals surface area contributed by atoms with E-state index in [1.54, 1.807) is 9.42 Å². The molecule has 2 amide bonds. The molecule has 134 valence electrons. The normalized spacial score (nSPS) is 20.8. The fourth-order valence-corrected chi connectivity index (χ4v) is 3.48. The maximum absolute atomic E-state index is 12.8. The number of carbonyl (C=O) groups excluding carboxylic acids is 2. The quantitative estimate of drug-likeness (QED) is 0.886. The third-order valence-electron chi connectivity index (χ3n) is 5.27. The van der Waals surface area contributed by atoms with Crippen molar-refractivity contribution in [3.63, 3.8) is 0 Å². The standard InChI is InChI=1S/C17H24N6O2/c1-5-17(4)15(25)18-8-9-22(17)14(24)7-6-13-11(2)21-16-19-10-20-23(16)12(13)3/h10H,5-9H2,1-4H3,(H,18,25)/t17-/m0/s1. The fraction of sp³-hybridized carbons (Fsp3) is 0.588. The summed E-state index contributed by atoms with van der Waals surface area (Å²) in [7, 11) is 0. The summed E-state index contributed by atoms with van der Waals surface area (Å²) in [6.45, 7) is 8.70. The molecule has 3 rings (SSSR count). The molecule has 0 bridgehead atoms. The first-order valence-corrected chi connectivity index (χ1v) is 8.63. The molecule has 1 fully saturated rings. The molecule has 25 heavy (non-hydrogen) atoms. The van der Waals surface area contributed by atoms with Crippen molar-refractivity contribution in [3.05, 3.63) is 23.3 Å². The summed E-state index contributed by atoms with van der Waals surface area (Å²) in [5, 5.41) is 7.03. The first-order valence-electron chi connectivity index (χ1n) is 8.63. The van der Waals surface area contributed by atoms with Gasteiger partial charge in [0.1, 0.15) is 11.9 Å². The van der Waals surface area contributed by atoms with Crippen LogP contribution in [0.1, 0.15) is 43.6 Å². The van der Waals surface area contributed by atoms with Gasteiger partial charge < -0.3 is 10.2 Å². The summed E-state index contributed by atoms with van der Waals surface area (Å²) in [5.41, 5.74) is 2.04. The molecule has 1 aliphatic heterocycles. The van der Waals surface area contributed by atoms with Crippen LogP contribution in [0.2, 0.25) is 0 Å². The van der Waals surface area contributed by atoms with Gasteiger partial charge in [-0.2, -0.15) is 10.1 Å². The van der Waals surface area contributed by atoms with Crippen molar-refractivity contribution in [3.8, 4) is 0 Å². The number of nitrogens with one attached hydrogen (secondary N) is 1. The predicted octanol–water partition coefficient (Wildman–Crippen LogP) is 0.801. The first kappa shape index (κ1) is 17.3. The number of amides is 2. The summed E-state index contributed by atoms with van der Waals surface area (Å²) >= 11 is 0. The third kappa shape index (κ3) is 2.85. The number of aromatic nitrogens is 4. The Kier molecular flexibility index (Phi) is 4.45. The minimum absolute atomic E-state index is 0.00307. The number of fused-ring (bicyclic) bond motifs is 1. The molecular weight excluding hydrogens is 320 g/mol. The highest BCUT2D eigenvalue weighted by atomic mass is 16.2. The molecule has 3 heterocycles. The van der Waals surface area contributed by atoms with Crippen molar-refractivity contribution < 1.29 is 9.59 Å². The van der Waals surface area contributed by atoms with Gasteiger partial charge in [-0.15, -0.1) is 0 Å². The van der Waals surface area contributed by atoms with Gasteiger partial charge in [-0.3, -0.25) is 9.59 Å². The second kappa shape index (κ2) is 6.42. The van der Waals surface area contributed by atoms with Crippen LogP contribution < -0.4 is 5.32 Å². The van der Waals surface area contributed by atoms with Crippen molar-refractivity contribution in [2.45, 2.75) is 52.5 Å². The van der Waals surface area contributed by atoms with Gasteiger partial charge >= 0.3 is 0 Å². The highest BCUT2D eigenvalue weighted by Gasteiger charge is 2.42. The largest absolute Gasteiger partial charge is 0.352 e. The van der Waals surface area contributed by atoms with E-state index in [4.69, 9.17) is 0 Å². The molecule has 1 saturated heterocycles. The van der Waals surface area contributed by atoms with Gasteiger partial charge in [0.2, 0.25) is 11.8 Å². The van der Waals surface area contributed by atoms with E-state index in [1.165, 1.54) is 6.33 Å². The van der Waals surface area contributed by atoms with Crippen LogP contribution in [-0.2, 0) is 16.0 Å². The molecule has 8 nitrogen and oxygen atoms in total. The highest BCUT2D eigenvalue weighted by molar-refractivity contribution is 5.92. The molecular formula is C17H24N6O2. The Morgan fingerprint density at radius 1 is 1.40 bits per heavy atom. The molecule has 0 aliphatic carbocycles. The Balaban J connectivity index is 1.79. The Labute approximate surface area is 146 Å². The summed E-state index contributed by atoms with van der Waals surface area (Å²) < 4.78 is 1.69. The monoisotopic (exact) mass is 344 g/mol. The minimum atomic E-state index is -0.770. The van der Waals surface area contributed by atoms with Crippen LogP contribution in [-0.4, -0.2) is 54.9 Å². The molecule has 0 saturated carbocycles. The van der Waals surface area contributed by atoms with E-state index in [0.717, 1.165) is 17.0 Å². The summed E-state index contributed by atoms with van der Waals surface area (Å²) in [5.74, 6) is 0.487. The van der Waals surface area contributed by atoms with E-state index < -0.39 is 5.54 Å². The number of nitrogens with zero attached hydrogens (tertiary/aromatic N) is 5. The van der Waals surface area contributed by atoms with Crippen LogP contribution in [0.4, 0.5) is 0 Å². The van der Waals surface area contributed by atoms with E-state index in [0.29, 0.717) is 38.1 Å². The SMILES string of the molecule is CC[C@@]1(C)C(=O)NCCN1C(=O)CCc1c(C)nc2ncnn2c1C. The lowest BCUT2D eigenvalue weighted by atomic mass is 9.92. The number of carbonyl (C=O) groups is 2. The van der Waals surface area contributed by atoms with E-state index >= 15 is 0 Å². The molecule has 2 aromatic heterocycles. The van der Waals surface area contributed by atoms with Crippen LogP contribution >= 0.6 is 0 Å². The maximum Gasteiger partial charge on any atom is 0.252 e. The van der Waals surface area contributed by atoms with Gasteiger partial charge in [0.25, 0.3) is 5.78 Å². The van der Waals surface area contributed by atoms with Crippen LogP contribution in [0.25, 0.3) is 5.78 Å². The van der Waals surface area contributed by atoms with E-state index in [-0.39, 0.29) is 11.8 Å². The second-order valence-electron chi connectivity index (χ2n) is 6.66. The molecule has 8 heteroatoms. The zero-order valence-corrected chi connectivity index (χ0v) is 15.2. The Morgan fingerprint density at radius 2 is 2.16 bits per heavy atom. The van der Waals surface area contributed by atoms with Gasteiger partial charge in [-0.05, 0) is 39.2 Å². The summed E-state index contributed by atoms with van der Waals surface area (Å²) in [6.07, 6.45) is 2.97. The molecule has 1 aliphatic rings. The Morgan fingerprint density at radius 3 is 2.88 bits per heavy atom. The Bertz CT molecular complexity index is 830. The number of hydrogen-bond donors (Lipinski definition) is 1. The van der Waals surface area contributed by atoms with Gasteiger partial charge in [-0.25, -0.2) is 9.50 Å². The third-order valence-corrected chi connectivity index (χ3v) is 5.27. The molecule has 2 aromatic rings. The maximum atomic E-state index is 12.8. The van der Waals surface area contributed by atoms with Gasteiger partial charge in [-0.1, -0.05) is 6.92 Å². The van der Waals surface area contributed by atoms with Crippen LogP contribution in [0.5, 0.6) is 0 Å². The smallest absolute Gasteiger partial charge is 0.252 e. The summed E-state index contributed by atoms with van der Waals surface area (Å²) in [6, 6.07) is 0. The van der Waals surface area contributed by atoms with Crippen LogP contribution in [0, 0.1) is 13.8 Å². The Hall–Kier alpha value is -2.51. The molecule has 0 unspecified atom stereocenters. The van der Waals surface area contributed by atoms with Gasteiger partial charge in [0.05, 0.1) is 0 Å². The molecule has 1 atom stereocenters. The van der Waals surface area contributed by atoms with Crippen LogP contribution in [0.15, 0.2) is 6.33 Å². The van der Waals surface area contributed by atoms with E-state index in [9.17, 15) is 9.59 Å². The molecule has 0 radical (unpaired) electrons. The number of hydrogen-bond acceptors (Lipinski definition) is 5. The second-order valence-corrected chi connectivity index (χ2v) is 6.66. The highest BCUT2D eigenvalue weighted by Crippen LogP contribution is 2.24. The molecule has 0 spiro atoms. The number of rotatable bonds is 4. The molecule has 0 aromatic carbocycles. The molecule has 1 N–H and O–H groups in total. The summed E-state index contributed by atoms with van der Waals surface area (Å²) in [4.78, 5) is 35.3. The van der Waals surface area contributed by atoms with Crippen molar-refractivity contribution in [2.75, 3.05) is 13.1 Å². The predicted molar refractivity (Wildman–Crippen MR) is 92.0 cm³/mol. The van der Waals surface area contributed by atoms with Crippen molar-refractivity contribution in [2.24, 2.45) is 0 Å². The lowest BCUT2D eigenvalue weighted by Gasteiger charge is -2.43. The van der Waals surface area contributed by atoms with Crippen molar-refractivity contribution in [1.29, 1.82) is 0 Å². The van der Waals surface area contributed by atoms with Gasteiger partial charge in [0.15, 0.2) is 0 Å². The lowest BCUT2D eigenvalue weighted by Crippen LogP contribution is -2.64. The number of aryl methyl sites for hydroxylation is 2.